The molecule has 3 heterocycles. The van der Waals surface area contributed by atoms with Gasteiger partial charge in [0.05, 0.1) is 5.39 Å². The molecule has 1 aromatic carbocycles. The molecule has 0 aliphatic heterocycles. The van der Waals surface area contributed by atoms with E-state index >= 15 is 0 Å². The van der Waals surface area contributed by atoms with E-state index in [0.717, 1.165) is 34.2 Å². The number of thiophene rings is 1. The minimum Gasteiger partial charge on any atom is -0.265 e. The standard InChI is InChI=1S/C20H20N4S/c1-11-4-7-15-16(8-11)25-20-17(15)19-23-22-18(24(19)10-21-20)14-6-5-12(2)13(3)9-14/h5-6,9-11H,4,7-8H2,1-3H3. The van der Waals surface area contributed by atoms with Crippen molar-refractivity contribution >= 4 is 27.2 Å². The monoisotopic (exact) mass is 348 g/mol. The Morgan fingerprint density at radius 2 is 2.04 bits per heavy atom. The first-order valence-corrected chi connectivity index (χ1v) is 9.65. The molecule has 0 fully saturated rings. The molecule has 126 valence electrons. The molecule has 1 aliphatic carbocycles. The number of aryl methyl sites for hydroxylation is 3. The van der Waals surface area contributed by atoms with Gasteiger partial charge >= 0.3 is 0 Å². The maximum atomic E-state index is 4.74. The van der Waals surface area contributed by atoms with E-state index in [1.54, 1.807) is 0 Å². The molecule has 0 amide bonds. The summed E-state index contributed by atoms with van der Waals surface area (Å²) in [4.78, 5) is 7.33. The lowest BCUT2D eigenvalue weighted by molar-refractivity contribution is 0.509. The van der Waals surface area contributed by atoms with Gasteiger partial charge in [-0.15, -0.1) is 21.5 Å². The van der Waals surface area contributed by atoms with Crippen molar-refractivity contribution in [3.05, 3.63) is 46.1 Å². The molecule has 3 aromatic heterocycles. The van der Waals surface area contributed by atoms with Crippen molar-refractivity contribution < 1.29 is 0 Å². The van der Waals surface area contributed by atoms with Gasteiger partial charge in [0.2, 0.25) is 0 Å². The number of benzene rings is 1. The third kappa shape index (κ3) is 2.22. The van der Waals surface area contributed by atoms with Crippen LogP contribution in [-0.4, -0.2) is 19.6 Å². The highest BCUT2D eigenvalue weighted by Crippen LogP contribution is 2.39. The van der Waals surface area contributed by atoms with Crippen LogP contribution in [0.1, 0.15) is 34.9 Å². The molecule has 1 aliphatic rings. The van der Waals surface area contributed by atoms with E-state index in [0.29, 0.717) is 0 Å². The van der Waals surface area contributed by atoms with E-state index in [-0.39, 0.29) is 0 Å². The topological polar surface area (TPSA) is 43.1 Å². The van der Waals surface area contributed by atoms with Gasteiger partial charge in [0.25, 0.3) is 0 Å². The number of hydrogen-bond acceptors (Lipinski definition) is 4. The van der Waals surface area contributed by atoms with Crippen LogP contribution in [0, 0.1) is 19.8 Å². The van der Waals surface area contributed by atoms with Crippen molar-refractivity contribution in [2.75, 3.05) is 0 Å². The molecule has 5 rings (SSSR count). The summed E-state index contributed by atoms with van der Waals surface area (Å²) in [5.41, 5.74) is 6.05. The molecule has 1 atom stereocenters. The van der Waals surface area contributed by atoms with Crippen LogP contribution in [0.3, 0.4) is 0 Å². The molecule has 5 heteroatoms. The lowest BCUT2D eigenvalue weighted by Crippen LogP contribution is -2.08. The Hall–Kier alpha value is -2.27. The lowest BCUT2D eigenvalue weighted by Gasteiger charge is -2.17. The van der Waals surface area contributed by atoms with Gasteiger partial charge < -0.3 is 0 Å². The molecular weight excluding hydrogens is 328 g/mol. The number of nitrogens with zero attached hydrogens (tertiary/aromatic N) is 4. The van der Waals surface area contributed by atoms with Crippen LogP contribution in [0.25, 0.3) is 27.3 Å². The Kier molecular flexibility index (Phi) is 3.22. The summed E-state index contributed by atoms with van der Waals surface area (Å²) < 4.78 is 2.05. The average Bonchev–Trinajstić information content (AvgIpc) is 3.17. The minimum atomic E-state index is 0.764. The maximum absolute atomic E-state index is 4.74. The van der Waals surface area contributed by atoms with Crippen LogP contribution in [-0.2, 0) is 12.8 Å². The smallest absolute Gasteiger partial charge is 0.172 e. The second-order valence-electron chi connectivity index (χ2n) is 7.29. The fourth-order valence-corrected chi connectivity index (χ4v) is 5.16. The van der Waals surface area contributed by atoms with Gasteiger partial charge in [-0.1, -0.05) is 19.1 Å². The highest BCUT2D eigenvalue weighted by Gasteiger charge is 2.24. The van der Waals surface area contributed by atoms with E-state index in [2.05, 4.69) is 53.6 Å². The van der Waals surface area contributed by atoms with Crippen molar-refractivity contribution in [3.63, 3.8) is 0 Å². The zero-order valence-electron chi connectivity index (χ0n) is 14.7. The maximum Gasteiger partial charge on any atom is 0.172 e. The fraction of sp³-hybridized carbons (Fsp3) is 0.350. The molecule has 0 radical (unpaired) electrons. The lowest BCUT2D eigenvalue weighted by atomic mass is 9.89. The molecule has 0 bridgehead atoms. The van der Waals surface area contributed by atoms with Gasteiger partial charge in [0, 0.05) is 10.4 Å². The summed E-state index contributed by atoms with van der Waals surface area (Å²) in [5.74, 6) is 1.64. The Morgan fingerprint density at radius 3 is 2.88 bits per heavy atom. The minimum absolute atomic E-state index is 0.764. The van der Waals surface area contributed by atoms with Crippen molar-refractivity contribution in [2.24, 2.45) is 5.92 Å². The van der Waals surface area contributed by atoms with Crippen molar-refractivity contribution in [3.8, 4) is 11.4 Å². The van der Waals surface area contributed by atoms with Crippen LogP contribution < -0.4 is 0 Å². The Balaban J connectivity index is 1.76. The summed E-state index contributed by atoms with van der Waals surface area (Å²) in [5, 5.41) is 10.3. The predicted molar refractivity (Wildman–Crippen MR) is 102 cm³/mol. The third-order valence-corrected chi connectivity index (χ3v) is 6.63. The molecular formula is C20H20N4S. The van der Waals surface area contributed by atoms with Crippen molar-refractivity contribution in [1.29, 1.82) is 0 Å². The molecule has 1 unspecified atom stereocenters. The summed E-state index contributed by atoms with van der Waals surface area (Å²) in [6, 6.07) is 6.44. The summed E-state index contributed by atoms with van der Waals surface area (Å²) in [7, 11) is 0. The Morgan fingerprint density at radius 1 is 1.16 bits per heavy atom. The number of hydrogen-bond donors (Lipinski definition) is 0. The van der Waals surface area contributed by atoms with Gasteiger partial charge in [-0.25, -0.2) is 4.98 Å². The van der Waals surface area contributed by atoms with Crippen LogP contribution in [0.4, 0.5) is 0 Å². The van der Waals surface area contributed by atoms with Gasteiger partial charge in [-0.3, -0.25) is 4.40 Å². The highest BCUT2D eigenvalue weighted by molar-refractivity contribution is 7.19. The van der Waals surface area contributed by atoms with Crippen LogP contribution in [0.2, 0.25) is 0 Å². The molecule has 0 saturated heterocycles. The van der Waals surface area contributed by atoms with E-state index in [1.807, 2.05) is 17.7 Å². The number of aromatic nitrogens is 4. The van der Waals surface area contributed by atoms with Gasteiger partial charge in [0.1, 0.15) is 11.2 Å². The molecule has 4 nitrogen and oxygen atoms in total. The summed E-state index contributed by atoms with van der Waals surface area (Å²) in [6.07, 6.45) is 5.43. The van der Waals surface area contributed by atoms with Gasteiger partial charge in [-0.05, 0) is 61.8 Å². The normalized spacial score (nSPS) is 17.3. The molecule has 0 saturated carbocycles. The molecule has 25 heavy (non-hydrogen) atoms. The van der Waals surface area contributed by atoms with E-state index < -0.39 is 0 Å². The molecule has 4 aromatic rings. The van der Waals surface area contributed by atoms with Crippen LogP contribution >= 0.6 is 11.3 Å². The van der Waals surface area contributed by atoms with Gasteiger partial charge in [0.15, 0.2) is 11.5 Å². The van der Waals surface area contributed by atoms with E-state index in [4.69, 9.17) is 4.98 Å². The molecule has 0 N–H and O–H groups in total. The first-order chi connectivity index (χ1) is 12.1. The summed E-state index contributed by atoms with van der Waals surface area (Å²) >= 11 is 1.84. The van der Waals surface area contributed by atoms with E-state index in [1.165, 1.54) is 39.8 Å². The predicted octanol–water partition coefficient (Wildman–Crippen LogP) is 4.75. The second kappa shape index (κ2) is 5.36. The van der Waals surface area contributed by atoms with Crippen molar-refractivity contribution in [2.45, 2.75) is 40.0 Å². The zero-order valence-corrected chi connectivity index (χ0v) is 15.5. The van der Waals surface area contributed by atoms with Gasteiger partial charge in [-0.2, -0.15) is 0 Å². The average molecular weight is 348 g/mol. The highest BCUT2D eigenvalue weighted by atomic mass is 32.1. The second-order valence-corrected chi connectivity index (χ2v) is 8.38. The first kappa shape index (κ1) is 15.0. The molecule has 0 spiro atoms. The number of fused-ring (bicyclic) bond motifs is 5. The SMILES string of the molecule is Cc1ccc(-c2nnc3c4c5c(sc4ncn23)CC(C)CC5)cc1C. The first-order valence-electron chi connectivity index (χ1n) is 8.83. The number of rotatable bonds is 1. The van der Waals surface area contributed by atoms with E-state index in [9.17, 15) is 0 Å². The Bertz CT molecular complexity index is 1120. The quantitative estimate of drug-likeness (QED) is 0.499. The van der Waals surface area contributed by atoms with Crippen molar-refractivity contribution in [1.82, 2.24) is 19.6 Å². The summed E-state index contributed by atoms with van der Waals surface area (Å²) in [6.45, 7) is 6.60. The fourth-order valence-electron chi connectivity index (χ4n) is 3.82. The van der Waals surface area contributed by atoms with Crippen LogP contribution in [0.15, 0.2) is 24.5 Å². The van der Waals surface area contributed by atoms with Crippen LogP contribution in [0.5, 0.6) is 0 Å². The zero-order chi connectivity index (χ0) is 17.1. The largest absolute Gasteiger partial charge is 0.265 e. The third-order valence-electron chi connectivity index (χ3n) is 5.47. The Labute approximate surface area is 150 Å².